The van der Waals surface area contributed by atoms with Crippen LogP contribution in [0.25, 0.3) is 0 Å². The van der Waals surface area contributed by atoms with Crippen LogP contribution in [-0.4, -0.2) is 18.1 Å². The Morgan fingerprint density at radius 1 is 1.24 bits per heavy atom. The molecule has 0 atom stereocenters. The van der Waals surface area contributed by atoms with E-state index in [0.29, 0.717) is 35.3 Å². The van der Waals surface area contributed by atoms with E-state index in [0.717, 1.165) is 0 Å². The Labute approximate surface area is 126 Å². The molecule has 0 amide bonds. The minimum absolute atomic E-state index is 0.0602. The van der Waals surface area contributed by atoms with Crippen LogP contribution < -0.4 is 15.8 Å². The highest BCUT2D eigenvalue weighted by molar-refractivity contribution is 6.30. The zero-order valence-electron chi connectivity index (χ0n) is 11.1. The quantitative estimate of drug-likeness (QED) is 0.370. The van der Waals surface area contributed by atoms with Gasteiger partial charge >= 0.3 is 0 Å². The number of nitrogens with zero attached hydrogens (tertiary/aromatic N) is 1. The van der Waals surface area contributed by atoms with Gasteiger partial charge in [0.25, 0.3) is 5.69 Å². The molecule has 2 aromatic rings. The van der Waals surface area contributed by atoms with Gasteiger partial charge in [0.1, 0.15) is 18.0 Å². The van der Waals surface area contributed by atoms with Crippen molar-refractivity contribution in [2.45, 2.75) is 0 Å². The van der Waals surface area contributed by atoms with Crippen LogP contribution in [0, 0.1) is 10.1 Å². The molecule has 0 aromatic heterocycles. The Balaban J connectivity index is 1.89. The van der Waals surface area contributed by atoms with Crippen molar-refractivity contribution in [2.75, 3.05) is 24.2 Å². The molecule has 0 fully saturated rings. The number of anilines is 2. The Morgan fingerprint density at radius 3 is 2.62 bits per heavy atom. The molecule has 0 aliphatic carbocycles. The van der Waals surface area contributed by atoms with Crippen LogP contribution >= 0.6 is 11.6 Å². The number of nitro groups is 1. The number of nitrogen functional groups attached to an aromatic ring is 1. The molecule has 6 nitrogen and oxygen atoms in total. The molecular weight excluding hydrogens is 294 g/mol. The summed E-state index contributed by atoms with van der Waals surface area (Å²) >= 11 is 5.75. The summed E-state index contributed by atoms with van der Waals surface area (Å²) in [6.07, 6.45) is 0. The Hall–Kier alpha value is -2.47. The molecule has 0 radical (unpaired) electrons. The molecule has 0 unspecified atom stereocenters. The molecule has 21 heavy (non-hydrogen) atoms. The number of ether oxygens (including phenoxy) is 1. The maximum Gasteiger partial charge on any atom is 0.293 e. The Morgan fingerprint density at radius 2 is 1.95 bits per heavy atom. The van der Waals surface area contributed by atoms with Gasteiger partial charge in [-0.15, -0.1) is 0 Å². The number of hydrogen-bond donors (Lipinski definition) is 2. The van der Waals surface area contributed by atoms with E-state index in [1.54, 1.807) is 36.4 Å². The number of halogens is 1. The zero-order valence-corrected chi connectivity index (χ0v) is 11.8. The van der Waals surface area contributed by atoms with Crippen LogP contribution in [0.15, 0.2) is 42.5 Å². The van der Waals surface area contributed by atoms with E-state index in [4.69, 9.17) is 22.1 Å². The average molecular weight is 308 g/mol. The lowest BCUT2D eigenvalue weighted by molar-refractivity contribution is -0.383. The molecule has 0 spiro atoms. The number of benzene rings is 2. The molecule has 0 saturated heterocycles. The second-order valence-corrected chi connectivity index (χ2v) is 4.70. The maximum atomic E-state index is 10.9. The predicted octanol–water partition coefficient (Wildman–Crippen LogP) is 3.32. The molecule has 0 saturated carbocycles. The fourth-order valence-electron chi connectivity index (χ4n) is 1.72. The lowest BCUT2D eigenvalue weighted by Crippen LogP contribution is -2.12. The third-order valence-corrected chi connectivity index (χ3v) is 2.96. The van der Waals surface area contributed by atoms with Gasteiger partial charge in [0.2, 0.25) is 0 Å². The monoisotopic (exact) mass is 307 g/mol. The Kier molecular flexibility index (Phi) is 4.84. The van der Waals surface area contributed by atoms with Crippen LogP contribution in [-0.2, 0) is 0 Å². The first kappa shape index (κ1) is 14.9. The average Bonchev–Trinajstić information content (AvgIpc) is 2.46. The molecule has 2 rings (SSSR count). The van der Waals surface area contributed by atoms with Gasteiger partial charge in [-0.1, -0.05) is 11.6 Å². The first-order valence-electron chi connectivity index (χ1n) is 6.22. The summed E-state index contributed by atoms with van der Waals surface area (Å²) in [7, 11) is 0. The van der Waals surface area contributed by atoms with Gasteiger partial charge in [-0.05, 0) is 36.4 Å². The standard InChI is InChI=1S/C14H14ClN3O3/c15-10-1-6-13(14(9-10)18(19)20)17-7-8-21-12-4-2-11(16)3-5-12/h1-6,9,17H,7-8,16H2. The van der Waals surface area contributed by atoms with Crippen molar-refractivity contribution in [3.05, 3.63) is 57.6 Å². The topological polar surface area (TPSA) is 90.4 Å². The van der Waals surface area contributed by atoms with Gasteiger partial charge in [-0.25, -0.2) is 0 Å². The van der Waals surface area contributed by atoms with E-state index in [9.17, 15) is 10.1 Å². The van der Waals surface area contributed by atoms with Gasteiger partial charge in [0, 0.05) is 23.3 Å². The van der Waals surface area contributed by atoms with Gasteiger partial charge in [0.05, 0.1) is 4.92 Å². The first-order chi connectivity index (χ1) is 10.1. The molecule has 7 heteroatoms. The molecular formula is C14H14ClN3O3. The minimum atomic E-state index is -0.477. The number of nitrogens with two attached hydrogens (primary N) is 1. The number of nitrogens with one attached hydrogen (secondary N) is 1. The Bertz CT molecular complexity index is 632. The second kappa shape index (κ2) is 6.81. The highest BCUT2D eigenvalue weighted by Crippen LogP contribution is 2.27. The van der Waals surface area contributed by atoms with Crippen molar-refractivity contribution in [3.8, 4) is 5.75 Å². The van der Waals surface area contributed by atoms with Crippen molar-refractivity contribution < 1.29 is 9.66 Å². The van der Waals surface area contributed by atoms with Crippen molar-refractivity contribution in [1.29, 1.82) is 0 Å². The van der Waals surface area contributed by atoms with E-state index in [1.165, 1.54) is 6.07 Å². The highest BCUT2D eigenvalue weighted by atomic mass is 35.5. The van der Waals surface area contributed by atoms with Crippen LogP contribution in [0.2, 0.25) is 5.02 Å². The summed E-state index contributed by atoms with van der Waals surface area (Å²) in [5.41, 5.74) is 6.58. The van der Waals surface area contributed by atoms with E-state index in [1.807, 2.05) is 0 Å². The SMILES string of the molecule is Nc1ccc(OCCNc2ccc(Cl)cc2[N+](=O)[O-])cc1. The van der Waals surface area contributed by atoms with E-state index in [-0.39, 0.29) is 5.69 Å². The molecule has 3 N–H and O–H groups in total. The largest absolute Gasteiger partial charge is 0.492 e. The number of nitro benzene ring substituents is 1. The van der Waals surface area contributed by atoms with E-state index in [2.05, 4.69) is 5.32 Å². The van der Waals surface area contributed by atoms with Crippen LogP contribution in [0.5, 0.6) is 5.75 Å². The molecule has 0 bridgehead atoms. The predicted molar refractivity (Wildman–Crippen MR) is 82.9 cm³/mol. The summed E-state index contributed by atoms with van der Waals surface area (Å²) in [6.45, 7) is 0.788. The van der Waals surface area contributed by atoms with Gasteiger partial charge in [0.15, 0.2) is 0 Å². The minimum Gasteiger partial charge on any atom is -0.492 e. The molecule has 0 aliphatic heterocycles. The molecule has 0 heterocycles. The lowest BCUT2D eigenvalue weighted by Gasteiger charge is -2.09. The zero-order chi connectivity index (χ0) is 15.2. The normalized spacial score (nSPS) is 10.1. The fraction of sp³-hybridized carbons (Fsp3) is 0.143. The highest BCUT2D eigenvalue weighted by Gasteiger charge is 2.13. The first-order valence-corrected chi connectivity index (χ1v) is 6.60. The third-order valence-electron chi connectivity index (χ3n) is 2.72. The summed E-state index contributed by atoms with van der Waals surface area (Å²) in [6, 6.07) is 11.5. The summed E-state index contributed by atoms with van der Waals surface area (Å²) in [4.78, 5) is 10.4. The summed E-state index contributed by atoms with van der Waals surface area (Å²) < 4.78 is 5.49. The lowest BCUT2D eigenvalue weighted by atomic mass is 10.2. The third kappa shape index (κ3) is 4.25. The van der Waals surface area contributed by atoms with Gasteiger partial charge in [-0.2, -0.15) is 0 Å². The smallest absolute Gasteiger partial charge is 0.293 e. The van der Waals surface area contributed by atoms with Gasteiger partial charge in [-0.3, -0.25) is 10.1 Å². The van der Waals surface area contributed by atoms with Crippen LogP contribution in [0.1, 0.15) is 0 Å². The maximum absolute atomic E-state index is 10.9. The van der Waals surface area contributed by atoms with Crippen molar-refractivity contribution in [2.24, 2.45) is 0 Å². The van der Waals surface area contributed by atoms with Crippen molar-refractivity contribution in [1.82, 2.24) is 0 Å². The second-order valence-electron chi connectivity index (χ2n) is 4.26. The molecule has 2 aromatic carbocycles. The fourth-order valence-corrected chi connectivity index (χ4v) is 1.89. The van der Waals surface area contributed by atoms with E-state index < -0.39 is 4.92 Å². The van der Waals surface area contributed by atoms with Crippen LogP contribution in [0.3, 0.4) is 0 Å². The molecule has 110 valence electrons. The molecule has 0 aliphatic rings. The van der Waals surface area contributed by atoms with Crippen molar-refractivity contribution >= 4 is 28.7 Å². The summed E-state index contributed by atoms with van der Waals surface area (Å²) in [5.74, 6) is 0.691. The van der Waals surface area contributed by atoms with E-state index >= 15 is 0 Å². The number of hydrogen-bond acceptors (Lipinski definition) is 5. The van der Waals surface area contributed by atoms with Crippen molar-refractivity contribution in [3.63, 3.8) is 0 Å². The number of rotatable bonds is 6. The van der Waals surface area contributed by atoms with Crippen LogP contribution in [0.4, 0.5) is 17.1 Å². The van der Waals surface area contributed by atoms with Gasteiger partial charge < -0.3 is 15.8 Å². The summed E-state index contributed by atoms with van der Waals surface area (Å²) in [5, 5.41) is 14.2.